The van der Waals surface area contributed by atoms with Gasteiger partial charge >= 0.3 is 0 Å². The lowest BCUT2D eigenvalue weighted by molar-refractivity contribution is -0.120. The second-order valence-electron chi connectivity index (χ2n) is 5.62. The molecule has 0 saturated carbocycles. The molecule has 0 radical (unpaired) electrons. The van der Waals surface area contributed by atoms with Crippen molar-refractivity contribution in [3.05, 3.63) is 17.0 Å². The zero-order valence-electron chi connectivity index (χ0n) is 13.2. The first kappa shape index (κ1) is 16.0. The highest BCUT2D eigenvalue weighted by Crippen LogP contribution is 2.22. The standard InChI is InChI=1S/C14H21N7OS/c1-21-14(18-19-20-21)23-9-8-15-13(22)7-6-12-10-4-2-3-5-11(10)16-17-12/h2-9H2,1H3,(H,15,22)(H,16,17). The molecule has 0 aliphatic heterocycles. The van der Waals surface area contributed by atoms with Crippen LogP contribution in [0.4, 0.5) is 0 Å². The number of tetrazole rings is 1. The van der Waals surface area contributed by atoms with E-state index < -0.39 is 0 Å². The lowest BCUT2D eigenvalue weighted by Gasteiger charge is -2.11. The Bertz CT molecular complexity index is 666. The average Bonchev–Trinajstić information content (AvgIpc) is 3.16. The molecule has 0 bridgehead atoms. The Kier molecular flexibility index (Phi) is 5.27. The van der Waals surface area contributed by atoms with E-state index in [1.807, 2.05) is 0 Å². The summed E-state index contributed by atoms with van der Waals surface area (Å²) >= 11 is 1.52. The predicted molar refractivity (Wildman–Crippen MR) is 86.1 cm³/mol. The van der Waals surface area contributed by atoms with E-state index in [4.69, 9.17) is 0 Å². The maximum atomic E-state index is 11.9. The third-order valence-corrected chi connectivity index (χ3v) is 4.98. The molecule has 8 nitrogen and oxygen atoms in total. The van der Waals surface area contributed by atoms with Crippen molar-refractivity contribution in [3.8, 4) is 0 Å². The van der Waals surface area contributed by atoms with Crippen LogP contribution in [0.15, 0.2) is 5.16 Å². The van der Waals surface area contributed by atoms with Crippen molar-refractivity contribution < 1.29 is 4.79 Å². The van der Waals surface area contributed by atoms with Crippen LogP contribution in [0.3, 0.4) is 0 Å². The summed E-state index contributed by atoms with van der Waals surface area (Å²) in [4.78, 5) is 11.9. The fraction of sp³-hybridized carbons (Fsp3) is 0.643. The summed E-state index contributed by atoms with van der Waals surface area (Å²) in [6, 6.07) is 0. The number of hydrogen-bond acceptors (Lipinski definition) is 6. The van der Waals surface area contributed by atoms with Crippen LogP contribution >= 0.6 is 11.8 Å². The SMILES string of the molecule is Cn1nnnc1SCCNC(=O)CCc1n[nH]c2c1CCCC2. The van der Waals surface area contributed by atoms with Crippen LogP contribution in [0.2, 0.25) is 0 Å². The molecule has 0 saturated heterocycles. The molecule has 3 rings (SSSR count). The summed E-state index contributed by atoms with van der Waals surface area (Å²) in [5, 5.41) is 22.4. The van der Waals surface area contributed by atoms with Gasteiger partial charge in [-0.1, -0.05) is 11.8 Å². The number of aromatic nitrogens is 6. The number of amides is 1. The van der Waals surface area contributed by atoms with Crippen molar-refractivity contribution in [2.45, 2.75) is 43.7 Å². The fourth-order valence-electron chi connectivity index (χ4n) is 2.75. The Balaban J connectivity index is 1.37. The van der Waals surface area contributed by atoms with E-state index in [0.29, 0.717) is 19.4 Å². The number of H-pyrrole nitrogens is 1. The normalized spacial score (nSPS) is 13.8. The highest BCUT2D eigenvalue weighted by Gasteiger charge is 2.17. The second kappa shape index (κ2) is 7.58. The van der Waals surface area contributed by atoms with Gasteiger partial charge in [0, 0.05) is 37.9 Å². The van der Waals surface area contributed by atoms with E-state index in [1.54, 1.807) is 11.7 Å². The molecule has 9 heteroatoms. The van der Waals surface area contributed by atoms with Gasteiger partial charge in [-0.05, 0) is 41.7 Å². The Morgan fingerprint density at radius 2 is 2.26 bits per heavy atom. The zero-order chi connectivity index (χ0) is 16.1. The molecule has 2 heterocycles. The summed E-state index contributed by atoms with van der Waals surface area (Å²) in [5.41, 5.74) is 3.67. The molecule has 2 aromatic heterocycles. The Hall–Kier alpha value is -1.90. The minimum atomic E-state index is 0.0641. The van der Waals surface area contributed by atoms with Gasteiger partial charge in [0.1, 0.15) is 0 Å². The second-order valence-corrected chi connectivity index (χ2v) is 6.68. The number of thioether (sulfide) groups is 1. The molecular weight excluding hydrogens is 314 g/mol. The molecule has 0 aromatic carbocycles. The van der Waals surface area contributed by atoms with Crippen LogP contribution in [0.1, 0.15) is 36.2 Å². The molecule has 1 amide bonds. The first-order valence-electron chi connectivity index (χ1n) is 7.91. The average molecular weight is 335 g/mol. The molecule has 0 fully saturated rings. The number of aryl methyl sites for hydroxylation is 3. The van der Waals surface area contributed by atoms with Gasteiger partial charge in [-0.25, -0.2) is 4.68 Å². The van der Waals surface area contributed by atoms with Gasteiger partial charge < -0.3 is 5.32 Å². The quantitative estimate of drug-likeness (QED) is 0.569. The molecule has 2 aromatic rings. The lowest BCUT2D eigenvalue weighted by atomic mass is 9.95. The van der Waals surface area contributed by atoms with Crippen LogP contribution in [-0.2, 0) is 31.1 Å². The number of hydrogen-bond donors (Lipinski definition) is 2. The first-order chi connectivity index (χ1) is 11.2. The molecule has 2 N–H and O–H groups in total. The number of aromatic amines is 1. The summed E-state index contributed by atoms with van der Waals surface area (Å²) < 4.78 is 1.62. The highest BCUT2D eigenvalue weighted by atomic mass is 32.2. The van der Waals surface area contributed by atoms with Gasteiger partial charge in [0.2, 0.25) is 11.1 Å². The maximum Gasteiger partial charge on any atom is 0.220 e. The van der Waals surface area contributed by atoms with Crippen LogP contribution in [0.5, 0.6) is 0 Å². The highest BCUT2D eigenvalue weighted by molar-refractivity contribution is 7.99. The van der Waals surface area contributed by atoms with Gasteiger partial charge in [-0.3, -0.25) is 9.89 Å². The first-order valence-corrected chi connectivity index (χ1v) is 8.89. The summed E-state index contributed by atoms with van der Waals surface area (Å²) in [6.07, 6.45) is 5.81. The van der Waals surface area contributed by atoms with E-state index in [1.165, 1.54) is 35.9 Å². The Morgan fingerprint density at radius 3 is 3.09 bits per heavy atom. The van der Waals surface area contributed by atoms with E-state index >= 15 is 0 Å². The third-order valence-electron chi connectivity index (χ3n) is 3.97. The van der Waals surface area contributed by atoms with Crippen molar-refractivity contribution in [3.63, 3.8) is 0 Å². The van der Waals surface area contributed by atoms with Crippen LogP contribution in [0.25, 0.3) is 0 Å². The van der Waals surface area contributed by atoms with Gasteiger partial charge in [0.25, 0.3) is 0 Å². The Morgan fingerprint density at radius 1 is 1.39 bits per heavy atom. The zero-order valence-corrected chi connectivity index (χ0v) is 14.0. The number of carbonyl (C=O) groups excluding carboxylic acids is 1. The summed E-state index contributed by atoms with van der Waals surface area (Å²) in [6.45, 7) is 0.606. The number of fused-ring (bicyclic) bond motifs is 1. The molecule has 0 atom stereocenters. The minimum Gasteiger partial charge on any atom is -0.355 e. The molecule has 0 unspecified atom stereocenters. The van der Waals surface area contributed by atoms with Crippen LogP contribution in [-0.4, -0.2) is 48.6 Å². The van der Waals surface area contributed by atoms with Crippen molar-refractivity contribution in [1.29, 1.82) is 0 Å². The number of nitrogens with zero attached hydrogens (tertiary/aromatic N) is 5. The fourth-order valence-corrected chi connectivity index (χ4v) is 3.46. The van der Waals surface area contributed by atoms with Crippen molar-refractivity contribution >= 4 is 17.7 Å². The number of carbonyl (C=O) groups is 1. The van der Waals surface area contributed by atoms with Gasteiger partial charge in [0.05, 0.1) is 5.69 Å². The van der Waals surface area contributed by atoms with E-state index in [0.717, 1.165) is 29.4 Å². The van der Waals surface area contributed by atoms with Gasteiger partial charge in [0.15, 0.2) is 0 Å². The predicted octanol–water partition coefficient (Wildman–Crippen LogP) is 0.653. The molecular formula is C14H21N7OS. The molecule has 1 aliphatic carbocycles. The van der Waals surface area contributed by atoms with E-state index in [-0.39, 0.29) is 5.91 Å². The lowest BCUT2D eigenvalue weighted by Crippen LogP contribution is -2.26. The van der Waals surface area contributed by atoms with Crippen LogP contribution < -0.4 is 5.32 Å². The summed E-state index contributed by atoms with van der Waals surface area (Å²) in [5.74, 6) is 0.812. The number of nitrogens with one attached hydrogen (secondary N) is 2. The van der Waals surface area contributed by atoms with Crippen molar-refractivity contribution in [2.75, 3.05) is 12.3 Å². The van der Waals surface area contributed by atoms with Crippen LogP contribution in [0, 0.1) is 0 Å². The van der Waals surface area contributed by atoms with Crippen molar-refractivity contribution in [2.24, 2.45) is 7.05 Å². The number of rotatable bonds is 7. The molecule has 0 spiro atoms. The third kappa shape index (κ3) is 4.10. The van der Waals surface area contributed by atoms with E-state index in [2.05, 4.69) is 31.0 Å². The molecule has 23 heavy (non-hydrogen) atoms. The largest absolute Gasteiger partial charge is 0.355 e. The monoisotopic (exact) mass is 335 g/mol. The maximum absolute atomic E-state index is 11.9. The minimum absolute atomic E-state index is 0.0641. The van der Waals surface area contributed by atoms with E-state index in [9.17, 15) is 4.79 Å². The smallest absolute Gasteiger partial charge is 0.220 e. The van der Waals surface area contributed by atoms with Gasteiger partial charge in [-0.15, -0.1) is 5.10 Å². The molecule has 1 aliphatic rings. The topological polar surface area (TPSA) is 101 Å². The van der Waals surface area contributed by atoms with Crippen molar-refractivity contribution in [1.82, 2.24) is 35.7 Å². The van der Waals surface area contributed by atoms with Gasteiger partial charge in [-0.2, -0.15) is 5.10 Å². The Labute approximate surface area is 138 Å². The molecule has 124 valence electrons. The summed E-state index contributed by atoms with van der Waals surface area (Å²) in [7, 11) is 1.80.